The molecule has 1 fully saturated rings. The first-order valence-corrected chi connectivity index (χ1v) is 6.81. The van der Waals surface area contributed by atoms with E-state index < -0.39 is 12.0 Å². The molecule has 5 heteroatoms. The Hall–Kier alpha value is -1.43. The minimum atomic E-state index is -0.803. The number of piperazine rings is 1. The van der Waals surface area contributed by atoms with E-state index in [2.05, 4.69) is 28.1 Å². The number of fused-ring (bicyclic) bond motifs is 1. The number of thiophene rings is 1. The van der Waals surface area contributed by atoms with Crippen LogP contribution < -0.4 is 10.6 Å². The highest BCUT2D eigenvalue weighted by Gasteiger charge is 2.32. The van der Waals surface area contributed by atoms with Crippen LogP contribution in [0.5, 0.6) is 0 Å². The summed E-state index contributed by atoms with van der Waals surface area (Å²) in [5.41, 5.74) is 1.08. The summed E-state index contributed by atoms with van der Waals surface area (Å²) in [6, 6.07) is 7.39. The zero-order valence-corrected chi connectivity index (χ0v) is 10.5. The van der Waals surface area contributed by atoms with Crippen molar-refractivity contribution < 1.29 is 9.90 Å². The Kier molecular flexibility index (Phi) is 3.03. The van der Waals surface area contributed by atoms with E-state index >= 15 is 0 Å². The maximum absolute atomic E-state index is 11.3. The standard InChI is InChI=1S/C13H14N2O2S/c16-13(17)12-11(14-5-6-15-12)9-7-18-10-4-2-1-3-8(9)10/h1-4,7,11-12,14-15H,5-6H2,(H,16,17). The third kappa shape index (κ3) is 1.90. The molecule has 3 N–H and O–H groups in total. The summed E-state index contributed by atoms with van der Waals surface area (Å²) in [4.78, 5) is 11.3. The summed E-state index contributed by atoms with van der Waals surface area (Å²) < 4.78 is 1.20. The zero-order chi connectivity index (χ0) is 12.5. The second kappa shape index (κ2) is 4.68. The van der Waals surface area contributed by atoms with Crippen molar-refractivity contribution in [2.24, 2.45) is 0 Å². The first-order chi connectivity index (χ1) is 8.77. The molecule has 94 valence electrons. The highest BCUT2D eigenvalue weighted by molar-refractivity contribution is 7.17. The van der Waals surface area contributed by atoms with Gasteiger partial charge in [-0.3, -0.25) is 4.79 Å². The van der Waals surface area contributed by atoms with Gasteiger partial charge in [0.05, 0.1) is 6.04 Å². The molecule has 1 aromatic carbocycles. The fraction of sp³-hybridized carbons (Fsp3) is 0.308. The zero-order valence-electron chi connectivity index (χ0n) is 9.72. The van der Waals surface area contributed by atoms with E-state index in [0.717, 1.165) is 17.5 Å². The van der Waals surface area contributed by atoms with E-state index in [9.17, 15) is 9.90 Å². The number of carbonyl (C=O) groups is 1. The highest BCUT2D eigenvalue weighted by atomic mass is 32.1. The van der Waals surface area contributed by atoms with Crippen molar-refractivity contribution in [3.63, 3.8) is 0 Å². The predicted molar refractivity (Wildman–Crippen MR) is 72.0 cm³/mol. The van der Waals surface area contributed by atoms with Gasteiger partial charge in [-0.1, -0.05) is 18.2 Å². The summed E-state index contributed by atoms with van der Waals surface area (Å²) >= 11 is 1.66. The lowest BCUT2D eigenvalue weighted by Gasteiger charge is -2.30. The van der Waals surface area contributed by atoms with Gasteiger partial charge in [0.15, 0.2) is 0 Å². The Morgan fingerprint density at radius 1 is 1.28 bits per heavy atom. The molecule has 0 amide bonds. The van der Waals surface area contributed by atoms with Gasteiger partial charge < -0.3 is 15.7 Å². The number of hydrogen-bond acceptors (Lipinski definition) is 4. The third-order valence-electron chi connectivity index (χ3n) is 3.30. The van der Waals surface area contributed by atoms with Gasteiger partial charge in [0.25, 0.3) is 0 Å². The lowest BCUT2D eigenvalue weighted by Crippen LogP contribution is -2.54. The van der Waals surface area contributed by atoms with E-state index in [-0.39, 0.29) is 6.04 Å². The Balaban J connectivity index is 2.04. The largest absolute Gasteiger partial charge is 0.480 e. The molecule has 1 aliphatic rings. The molecule has 3 rings (SSSR count). The van der Waals surface area contributed by atoms with Crippen LogP contribution in [0.15, 0.2) is 29.6 Å². The first-order valence-electron chi connectivity index (χ1n) is 5.93. The summed E-state index contributed by atoms with van der Waals surface area (Å²) in [5.74, 6) is -0.803. The van der Waals surface area contributed by atoms with Gasteiger partial charge in [-0.25, -0.2) is 0 Å². The second-order valence-electron chi connectivity index (χ2n) is 4.39. The van der Waals surface area contributed by atoms with Gasteiger partial charge in [-0.2, -0.15) is 0 Å². The maximum Gasteiger partial charge on any atom is 0.322 e. The Morgan fingerprint density at radius 3 is 2.89 bits per heavy atom. The van der Waals surface area contributed by atoms with Gasteiger partial charge in [-0.15, -0.1) is 11.3 Å². The minimum absolute atomic E-state index is 0.160. The van der Waals surface area contributed by atoms with Crippen LogP contribution >= 0.6 is 11.3 Å². The quantitative estimate of drug-likeness (QED) is 0.769. The fourth-order valence-corrected chi connectivity index (χ4v) is 3.45. The van der Waals surface area contributed by atoms with Crippen LogP contribution in [-0.4, -0.2) is 30.2 Å². The third-order valence-corrected chi connectivity index (χ3v) is 4.28. The predicted octanol–water partition coefficient (Wildman–Crippen LogP) is 1.59. The number of nitrogens with one attached hydrogen (secondary N) is 2. The topological polar surface area (TPSA) is 61.4 Å². The van der Waals surface area contributed by atoms with Crippen molar-refractivity contribution in [1.82, 2.24) is 10.6 Å². The van der Waals surface area contributed by atoms with Gasteiger partial charge in [0.1, 0.15) is 6.04 Å². The Morgan fingerprint density at radius 2 is 2.06 bits per heavy atom. The van der Waals surface area contributed by atoms with Crippen LogP contribution in [0.2, 0.25) is 0 Å². The lowest BCUT2D eigenvalue weighted by atomic mass is 9.97. The van der Waals surface area contributed by atoms with Crippen LogP contribution in [0.3, 0.4) is 0 Å². The molecule has 0 spiro atoms. The monoisotopic (exact) mass is 262 g/mol. The molecule has 2 unspecified atom stereocenters. The number of carboxylic acids is 1. The van der Waals surface area contributed by atoms with Crippen molar-refractivity contribution >= 4 is 27.4 Å². The van der Waals surface area contributed by atoms with E-state index in [1.165, 1.54) is 4.70 Å². The van der Waals surface area contributed by atoms with Gasteiger partial charge in [0, 0.05) is 17.8 Å². The molecule has 4 nitrogen and oxygen atoms in total. The van der Waals surface area contributed by atoms with Crippen molar-refractivity contribution in [1.29, 1.82) is 0 Å². The summed E-state index contributed by atoms with van der Waals surface area (Å²) in [6.07, 6.45) is 0. The molecule has 0 saturated carbocycles. The Bertz CT molecular complexity index is 581. The molecule has 0 bridgehead atoms. The average Bonchev–Trinajstić information content (AvgIpc) is 2.82. The van der Waals surface area contributed by atoms with Crippen LogP contribution in [0.1, 0.15) is 11.6 Å². The van der Waals surface area contributed by atoms with Crippen molar-refractivity contribution in [2.45, 2.75) is 12.1 Å². The maximum atomic E-state index is 11.3. The lowest BCUT2D eigenvalue weighted by molar-refractivity contribution is -0.140. The van der Waals surface area contributed by atoms with E-state index in [1.807, 2.05) is 12.1 Å². The van der Waals surface area contributed by atoms with Crippen LogP contribution in [0.25, 0.3) is 10.1 Å². The average molecular weight is 262 g/mol. The molecule has 0 aliphatic carbocycles. The van der Waals surface area contributed by atoms with Gasteiger partial charge in [-0.05, 0) is 22.4 Å². The molecule has 2 atom stereocenters. The number of hydrogen-bond donors (Lipinski definition) is 3. The number of carboxylic acid groups (broad SMARTS) is 1. The molecular weight excluding hydrogens is 248 g/mol. The van der Waals surface area contributed by atoms with Crippen molar-refractivity contribution in [3.05, 3.63) is 35.2 Å². The van der Waals surface area contributed by atoms with E-state index in [0.29, 0.717) is 6.54 Å². The smallest absolute Gasteiger partial charge is 0.322 e. The summed E-state index contributed by atoms with van der Waals surface area (Å²) in [6.45, 7) is 1.48. The molecular formula is C13H14N2O2S. The molecule has 1 aliphatic heterocycles. The molecule has 0 radical (unpaired) electrons. The molecule has 1 aromatic heterocycles. The van der Waals surface area contributed by atoms with Crippen molar-refractivity contribution in [2.75, 3.05) is 13.1 Å². The first kappa shape index (κ1) is 11.6. The Labute approximate surface area is 109 Å². The SMILES string of the molecule is O=C(O)C1NCCNC1c1csc2ccccc12. The molecule has 2 aromatic rings. The number of aliphatic carboxylic acids is 1. The fourth-order valence-electron chi connectivity index (χ4n) is 2.45. The van der Waals surface area contributed by atoms with Crippen LogP contribution in [-0.2, 0) is 4.79 Å². The van der Waals surface area contributed by atoms with Crippen LogP contribution in [0, 0.1) is 0 Å². The van der Waals surface area contributed by atoms with E-state index in [4.69, 9.17) is 0 Å². The number of rotatable bonds is 2. The normalized spacial score (nSPS) is 24.2. The second-order valence-corrected chi connectivity index (χ2v) is 5.30. The minimum Gasteiger partial charge on any atom is -0.480 e. The summed E-state index contributed by atoms with van der Waals surface area (Å²) in [7, 11) is 0. The van der Waals surface area contributed by atoms with Gasteiger partial charge >= 0.3 is 5.97 Å². The highest BCUT2D eigenvalue weighted by Crippen LogP contribution is 2.32. The molecule has 2 heterocycles. The van der Waals surface area contributed by atoms with E-state index in [1.54, 1.807) is 11.3 Å². The van der Waals surface area contributed by atoms with Crippen LogP contribution in [0.4, 0.5) is 0 Å². The summed E-state index contributed by atoms with van der Waals surface area (Å²) in [5, 5.41) is 18.9. The number of benzene rings is 1. The molecule has 18 heavy (non-hydrogen) atoms. The molecule has 1 saturated heterocycles. The van der Waals surface area contributed by atoms with Gasteiger partial charge in [0.2, 0.25) is 0 Å². The van der Waals surface area contributed by atoms with Crippen molar-refractivity contribution in [3.8, 4) is 0 Å².